The molecule has 25 heavy (non-hydrogen) atoms. The van der Waals surface area contributed by atoms with Crippen LogP contribution < -0.4 is 10.6 Å². The number of hydrogen-bond acceptors (Lipinski definition) is 8. The third-order valence-electron chi connectivity index (χ3n) is 2.86. The van der Waals surface area contributed by atoms with Gasteiger partial charge in [-0.1, -0.05) is 0 Å². The van der Waals surface area contributed by atoms with E-state index in [1.807, 2.05) is 0 Å². The Morgan fingerprint density at radius 3 is 2.04 bits per heavy atom. The molecule has 0 radical (unpaired) electrons. The lowest BCUT2D eigenvalue weighted by atomic mass is 10.1. The summed E-state index contributed by atoms with van der Waals surface area (Å²) in [5.41, 5.74) is -0.782. The number of nitrogens with one attached hydrogen (secondary N) is 2. The third kappa shape index (κ3) is 9.50. The lowest BCUT2D eigenvalue weighted by molar-refractivity contribution is -0.146. The summed E-state index contributed by atoms with van der Waals surface area (Å²) in [5, 5.41) is 13.8. The number of esters is 2. The number of aliphatic hydroxyl groups is 1. The van der Waals surface area contributed by atoms with Crippen LogP contribution in [0.5, 0.6) is 0 Å². The van der Waals surface area contributed by atoms with E-state index in [9.17, 15) is 24.3 Å². The third-order valence-corrected chi connectivity index (χ3v) is 2.86. The van der Waals surface area contributed by atoms with Crippen LogP contribution in [0, 0.1) is 0 Å². The van der Waals surface area contributed by atoms with Crippen molar-refractivity contribution in [2.24, 2.45) is 0 Å². The van der Waals surface area contributed by atoms with Gasteiger partial charge in [0, 0.05) is 6.42 Å². The second-order valence-electron chi connectivity index (χ2n) is 6.08. The van der Waals surface area contributed by atoms with E-state index in [0.717, 1.165) is 7.11 Å². The van der Waals surface area contributed by atoms with E-state index in [4.69, 9.17) is 4.74 Å². The topological polar surface area (TPSA) is 140 Å². The zero-order valence-electron chi connectivity index (χ0n) is 15.1. The van der Waals surface area contributed by atoms with E-state index in [1.54, 1.807) is 20.8 Å². The molecule has 0 rings (SSSR count). The summed E-state index contributed by atoms with van der Waals surface area (Å²) >= 11 is 0. The van der Waals surface area contributed by atoms with Gasteiger partial charge in [0.15, 0.2) is 0 Å². The quantitative estimate of drug-likeness (QED) is 0.387. The SMILES string of the molecule is COC(=O)CC[C@@H](NC(=O)[C@H](CO)NC(=O)OC(C)(C)C)C(=O)OC. The van der Waals surface area contributed by atoms with Crippen LogP contribution in [0.25, 0.3) is 0 Å². The molecular formula is C15H26N2O8. The highest BCUT2D eigenvalue weighted by Gasteiger charge is 2.28. The molecule has 0 fully saturated rings. The summed E-state index contributed by atoms with van der Waals surface area (Å²) in [7, 11) is 2.32. The van der Waals surface area contributed by atoms with Crippen LogP contribution in [0.4, 0.5) is 4.79 Å². The van der Waals surface area contributed by atoms with Crippen LogP contribution in [0.1, 0.15) is 33.6 Å². The monoisotopic (exact) mass is 362 g/mol. The maximum absolute atomic E-state index is 12.2. The normalized spacial score (nSPS) is 13.2. The highest BCUT2D eigenvalue weighted by Crippen LogP contribution is 2.07. The van der Waals surface area contributed by atoms with E-state index in [1.165, 1.54) is 7.11 Å². The van der Waals surface area contributed by atoms with Gasteiger partial charge in [-0.15, -0.1) is 0 Å². The second kappa shape index (κ2) is 10.5. The van der Waals surface area contributed by atoms with E-state index in [0.29, 0.717) is 0 Å². The maximum atomic E-state index is 12.2. The standard InChI is InChI=1S/C15H26N2O8/c1-15(2,3)25-14(22)17-10(8-18)12(20)16-9(13(21)24-5)6-7-11(19)23-4/h9-10,18H,6-8H2,1-5H3,(H,16,20)(H,17,22)/t9-,10+/m1/s1. The number of amides is 2. The van der Waals surface area contributed by atoms with Gasteiger partial charge in [0.1, 0.15) is 17.7 Å². The fourth-order valence-electron chi connectivity index (χ4n) is 1.67. The van der Waals surface area contributed by atoms with Crippen molar-refractivity contribution in [3.05, 3.63) is 0 Å². The Labute approximate surface area is 146 Å². The largest absolute Gasteiger partial charge is 0.469 e. The number of hydrogen-bond donors (Lipinski definition) is 3. The van der Waals surface area contributed by atoms with Crippen LogP contribution in [0.3, 0.4) is 0 Å². The number of carbonyl (C=O) groups is 4. The number of alkyl carbamates (subject to hydrolysis) is 1. The number of aliphatic hydroxyl groups excluding tert-OH is 1. The van der Waals surface area contributed by atoms with Gasteiger partial charge in [0.2, 0.25) is 5.91 Å². The molecule has 0 aromatic rings. The molecule has 0 unspecified atom stereocenters. The lowest BCUT2D eigenvalue weighted by Crippen LogP contribution is -2.54. The van der Waals surface area contributed by atoms with Crippen molar-refractivity contribution in [2.75, 3.05) is 20.8 Å². The molecule has 3 N–H and O–H groups in total. The molecule has 0 spiro atoms. The van der Waals surface area contributed by atoms with Crippen LogP contribution >= 0.6 is 0 Å². The molecule has 0 aromatic carbocycles. The van der Waals surface area contributed by atoms with Crippen molar-refractivity contribution >= 4 is 23.9 Å². The Balaban J connectivity index is 4.84. The summed E-state index contributed by atoms with van der Waals surface area (Å²) in [6.45, 7) is 4.21. The second-order valence-corrected chi connectivity index (χ2v) is 6.08. The fraction of sp³-hybridized carbons (Fsp3) is 0.733. The van der Waals surface area contributed by atoms with Crippen molar-refractivity contribution < 1.29 is 38.5 Å². The highest BCUT2D eigenvalue weighted by molar-refractivity contribution is 5.90. The zero-order valence-corrected chi connectivity index (χ0v) is 15.1. The number of rotatable bonds is 8. The number of ether oxygens (including phenoxy) is 3. The Kier molecular flexibility index (Phi) is 9.50. The Morgan fingerprint density at radius 1 is 1.00 bits per heavy atom. The molecule has 0 saturated heterocycles. The maximum Gasteiger partial charge on any atom is 0.408 e. The van der Waals surface area contributed by atoms with E-state index < -0.39 is 48.2 Å². The molecule has 0 bridgehead atoms. The van der Waals surface area contributed by atoms with Crippen LogP contribution in [-0.4, -0.2) is 67.6 Å². The van der Waals surface area contributed by atoms with Crippen LogP contribution in [0.2, 0.25) is 0 Å². The van der Waals surface area contributed by atoms with Gasteiger partial charge < -0.3 is 30.0 Å². The molecule has 144 valence electrons. The van der Waals surface area contributed by atoms with Crippen molar-refractivity contribution in [3.8, 4) is 0 Å². The Hall–Kier alpha value is -2.36. The Bertz CT molecular complexity index is 486. The molecule has 0 aliphatic rings. The molecule has 0 aromatic heterocycles. The minimum absolute atomic E-state index is 0.0598. The zero-order chi connectivity index (χ0) is 19.6. The molecule has 2 atom stereocenters. The van der Waals surface area contributed by atoms with Gasteiger partial charge in [-0.25, -0.2) is 9.59 Å². The molecule has 0 aliphatic heterocycles. The molecule has 10 heteroatoms. The van der Waals surface area contributed by atoms with Crippen molar-refractivity contribution in [1.82, 2.24) is 10.6 Å². The summed E-state index contributed by atoms with van der Waals surface area (Å²) in [5.74, 6) is -2.16. The van der Waals surface area contributed by atoms with Gasteiger partial charge in [0.05, 0.1) is 20.8 Å². The molecule has 0 saturated carbocycles. The molecule has 0 aliphatic carbocycles. The Morgan fingerprint density at radius 2 is 1.60 bits per heavy atom. The average Bonchev–Trinajstić information content (AvgIpc) is 2.53. The van der Waals surface area contributed by atoms with Gasteiger partial charge in [0.25, 0.3) is 0 Å². The molecule has 10 nitrogen and oxygen atoms in total. The predicted molar refractivity (Wildman–Crippen MR) is 85.4 cm³/mol. The minimum Gasteiger partial charge on any atom is -0.469 e. The highest BCUT2D eigenvalue weighted by atomic mass is 16.6. The van der Waals surface area contributed by atoms with E-state index in [-0.39, 0.29) is 12.8 Å². The molecule has 0 heterocycles. The number of carbonyl (C=O) groups excluding carboxylic acids is 4. The van der Waals surface area contributed by atoms with Crippen molar-refractivity contribution in [2.45, 2.75) is 51.3 Å². The van der Waals surface area contributed by atoms with Gasteiger partial charge in [-0.05, 0) is 27.2 Å². The minimum atomic E-state index is -1.33. The van der Waals surface area contributed by atoms with Crippen molar-refractivity contribution in [3.63, 3.8) is 0 Å². The first-order valence-electron chi connectivity index (χ1n) is 7.59. The van der Waals surface area contributed by atoms with E-state index in [2.05, 4.69) is 20.1 Å². The smallest absolute Gasteiger partial charge is 0.408 e. The first-order chi connectivity index (χ1) is 11.5. The molecular weight excluding hydrogens is 336 g/mol. The van der Waals surface area contributed by atoms with Gasteiger partial charge in [-0.3, -0.25) is 9.59 Å². The summed E-state index contributed by atoms with van der Waals surface area (Å²) in [4.78, 5) is 46.7. The lowest BCUT2D eigenvalue weighted by Gasteiger charge is -2.23. The number of methoxy groups -OCH3 is 2. The van der Waals surface area contributed by atoms with Gasteiger partial charge in [-0.2, -0.15) is 0 Å². The first kappa shape index (κ1) is 22.6. The van der Waals surface area contributed by atoms with Crippen LogP contribution in [0.15, 0.2) is 0 Å². The average molecular weight is 362 g/mol. The fourth-order valence-corrected chi connectivity index (χ4v) is 1.67. The van der Waals surface area contributed by atoms with Crippen LogP contribution in [-0.2, 0) is 28.6 Å². The van der Waals surface area contributed by atoms with Crippen molar-refractivity contribution in [1.29, 1.82) is 0 Å². The van der Waals surface area contributed by atoms with Gasteiger partial charge >= 0.3 is 18.0 Å². The predicted octanol–water partition coefficient (Wildman–Crippen LogP) is -0.517. The molecule has 2 amide bonds. The summed E-state index contributed by atoms with van der Waals surface area (Å²) in [6.07, 6.45) is -1.08. The summed E-state index contributed by atoms with van der Waals surface area (Å²) in [6, 6.07) is -2.47. The summed E-state index contributed by atoms with van der Waals surface area (Å²) < 4.78 is 14.0. The first-order valence-corrected chi connectivity index (χ1v) is 7.59. The van der Waals surface area contributed by atoms with E-state index >= 15 is 0 Å².